The zero-order chi connectivity index (χ0) is 26.6. The van der Waals surface area contributed by atoms with Crippen LogP contribution >= 0.6 is 27.5 Å². The molecule has 5 rings (SSSR count). The molecule has 0 fully saturated rings. The minimum absolute atomic E-state index is 0.0331. The lowest BCUT2D eigenvalue weighted by molar-refractivity contribution is -0.137. The van der Waals surface area contributed by atoms with E-state index in [0.717, 1.165) is 57.3 Å². The summed E-state index contributed by atoms with van der Waals surface area (Å²) in [6.45, 7) is 4.46. The number of aliphatic carboxylic acids is 1. The molecule has 1 unspecified atom stereocenters. The van der Waals surface area contributed by atoms with E-state index in [0.29, 0.717) is 18.0 Å². The second-order valence-electron chi connectivity index (χ2n) is 9.78. The van der Waals surface area contributed by atoms with E-state index in [2.05, 4.69) is 76.8 Å². The number of fused-ring (bicyclic) bond motifs is 2. The van der Waals surface area contributed by atoms with Crippen molar-refractivity contribution < 1.29 is 9.90 Å². The molecule has 0 spiro atoms. The van der Waals surface area contributed by atoms with Gasteiger partial charge < -0.3 is 15.2 Å². The number of rotatable bonds is 9. The van der Waals surface area contributed by atoms with Crippen LogP contribution in [0.2, 0.25) is 5.02 Å². The Kier molecular flexibility index (Phi) is 8.37. The lowest BCUT2D eigenvalue weighted by atomic mass is 9.76. The Bertz CT molecular complexity index is 1480. The molecule has 1 aliphatic heterocycles. The van der Waals surface area contributed by atoms with Gasteiger partial charge >= 0.3 is 5.97 Å². The van der Waals surface area contributed by atoms with Crippen LogP contribution in [0.4, 0.5) is 5.82 Å². The van der Waals surface area contributed by atoms with Crippen molar-refractivity contribution >= 4 is 63.1 Å². The molecule has 1 aliphatic rings. The van der Waals surface area contributed by atoms with Gasteiger partial charge in [0.15, 0.2) is 0 Å². The van der Waals surface area contributed by atoms with Gasteiger partial charge in [0.25, 0.3) is 0 Å². The smallest absolute Gasteiger partial charge is 0.303 e. The molecule has 0 saturated heterocycles. The second kappa shape index (κ2) is 11.9. The summed E-state index contributed by atoms with van der Waals surface area (Å²) in [6, 6.07) is 22.5. The quantitative estimate of drug-likeness (QED) is 0.234. The lowest BCUT2D eigenvalue weighted by Gasteiger charge is -2.32. The van der Waals surface area contributed by atoms with Gasteiger partial charge in [-0.05, 0) is 84.1 Å². The van der Waals surface area contributed by atoms with E-state index in [9.17, 15) is 9.90 Å². The highest BCUT2D eigenvalue weighted by Gasteiger charge is 2.23. The number of anilines is 1. The topological polar surface area (TPSA) is 65.5 Å². The second-order valence-corrected chi connectivity index (χ2v) is 11.1. The van der Waals surface area contributed by atoms with Gasteiger partial charge in [-0.25, -0.2) is 4.98 Å². The van der Waals surface area contributed by atoms with Crippen molar-refractivity contribution in [2.75, 3.05) is 18.0 Å². The molecule has 5 nitrogen and oxygen atoms in total. The number of pyridine rings is 1. The number of benzene rings is 3. The third-order valence-electron chi connectivity index (χ3n) is 7.31. The number of aromatic nitrogens is 1. The maximum Gasteiger partial charge on any atom is 0.303 e. The number of nitrogens with one attached hydrogen (secondary N) is 1. The van der Waals surface area contributed by atoms with Crippen molar-refractivity contribution in [2.45, 2.75) is 38.6 Å². The largest absolute Gasteiger partial charge is 0.481 e. The average molecular weight is 590 g/mol. The predicted molar refractivity (Wildman–Crippen MR) is 160 cm³/mol. The zero-order valence-electron chi connectivity index (χ0n) is 21.3. The maximum atomic E-state index is 11.3. The van der Waals surface area contributed by atoms with Crippen molar-refractivity contribution in [2.24, 2.45) is 0 Å². The number of hydrogen-bond donors (Lipinski definition) is 2. The summed E-state index contributed by atoms with van der Waals surface area (Å²) in [5, 5.41) is 14.5. The van der Waals surface area contributed by atoms with Crippen molar-refractivity contribution in [3.63, 3.8) is 0 Å². The Morgan fingerprint density at radius 2 is 1.92 bits per heavy atom. The summed E-state index contributed by atoms with van der Waals surface area (Å²) in [6.07, 6.45) is 1.58. The molecular weight excluding hydrogens is 561 g/mol. The fraction of sp³-hybridized carbons (Fsp3) is 0.267. The van der Waals surface area contributed by atoms with Crippen molar-refractivity contribution in [1.29, 1.82) is 0 Å². The highest BCUT2D eigenvalue weighted by molar-refractivity contribution is 9.10. The first kappa shape index (κ1) is 26.7. The van der Waals surface area contributed by atoms with Gasteiger partial charge in [0.05, 0.1) is 5.52 Å². The zero-order valence-corrected chi connectivity index (χ0v) is 23.6. The highest BCUT2D eigenvalue weighted by Crippen LogP contribution is 2.29. The standard InChI is InChI=1S/C30H29BBrClN3O2/c1-19-29(31-34-17-21(10-13-28(37)38)24-8-4-5-9-26(24)33)25-16-23(32)11-12-27(25)35-30(19)36-15-14-20-6-2-3-7-22(20)18-36/h2-9,11-12,16,21,34H,10,13-15,17-18H2,1H3,(H,37,38). The fourth-order valence-electron chi connectivity index (χ4n) is 5.29. The molecule has 4 aromatic rings. The number of carbonyl (C=O) groups is 1. The fourth-order valence-corrected chi connectivity index (χ4v) is 5.94. The molecular formula is C30H29BBrClN3O2. The molecule has 0 aliphatic carbocycles. The Balaban J connectivity index is 1.43. The van der Waals surface area contributed by atoms with Crippen LogP contribution in [-0.2, 0) is 17.8 Å². The Morgan fingerprint density at radius 3 is 2.71 bits per heavy atom. The summed E-state index contributed by atoms with van der Waals surface area (Å²) in [5.41, 5.74) is 6.85. The molecule has 0 amide bonds. The summed E-state index contributed by atoms with van der Waals surface area (Å²) < 4.78 is 0.996. The van der Waals surface area contributed by atoms with Crippen molar-refractivity contribution in [1.82, 2.24) is 10.2 Å². The predicted octanol–water partition coefficient (Wildman–Crippen LogP) is 6.00. The minimum Gasteiger partial charge on any atom is -0.481 e. The molecule has 1 radical (unpaired) electrons. The molecule has 1 atom stereocenters. The summed E-state index contributed by atoms with van der Waals surface area (Å²) in [5.74, 6) is 0.157. The van der Waals surface area contributed by atoms with Gasteiger partial charge in [0.2, 0.25) is 7.41 Å². The van der Waals surface area contributed by atoms with Crippen molar-refractivity contribution in [3.05, 3.63) is 98.5 Å². The normalized spacial score (nSPS) is 13.8. The molecule has 193 valence electrons. The van der Waals surface area contributed by atoms with Crippen LogP contribution in [0, 0.1) is 6.92 Å². The van der Waals surface area contributed by atoms with Crippen LogP contribution in [-0.4, -0.2) is 36.6 Å². The minimum atomic E-state index is -0.806. The number of carboxylic acid groups (broad SMARTS) is 1. The van der Waals surface area contributed by atoms with Gasteiger partial charge in [0, 0.05) is 29.0 Å². The molecule has 8 heteroatoms. The summed E-state index contributed by atoms with van der Waals surface area (Å²) >= 11 is 10.1. The van der Waals surface area contributed by atoms with Crippen LogP contribution in [0.25, 0.3) is 10.9 Å². The van der Waals surface area contributed by atoms with E-state index < -0.39 is 5.97 Å². The van der Waals surface area contributed by atoms with Crippen molar-refractivity contribution in [3.8, 4) is 0 Å². The molecule has 1 aromatic heterocycles. The molecule has 38 heavy (non-hydrogen) atoms. The first-order valence-corrected chi connectivity index (χ1v) is 14.0. The highest BCUT2D eigenvalue weighted by atomic mass is 79.9. The Morgan fingerprint density at radius 1 is 1.16 bits per heavy atom. The monoisotopic (exact) mass is 588 g/mol. The Labute approximate surface area is 237 Å². The van der Waals surface area contributed by atoms with Crippen LogP contribution in [0.1, 0.15) is 41.0 Å². The van der Waals surface area contributed by atoms with Gasteiger partial charge in [-0.3, -0.25) is 4.79 Å². The molecule has 3 aromatic carbocycles. The molecule has 0 saturated carbocycles. The molecule has 0 bridgehead atoms. The first-order chi connectivity index (χ1) is 18.4. The van der Waals surface area contributed by atoms with Gasteiger partial charge in [-0.1, -0.05) is 75.5 Å². The maximum absolute atomic E-state index is 11.3. The lowest BCUT2D eigenvalue weighted by Crippen LogP contribution is -2.38. The number of carboxylic acids is 1. The number of nitrogens with zero attached hydrogens (tertiary/aromatic N) is 2. The molecule has 2 N–H and O–H groups in total. The number of halogens is 2. The van der Waals surface area contributed by atoms with E-state index in [1.807, 2.05) is 30.3 Å². The van der Waals surface area contributed by atoms with Crippen LogP contribution < -0.4 is 15.6 Å². The van der Waals surface area contributed by atoms with Crippen LogP contribution in [0.5, 0.6) is 0 Å². The third kappa shape index (κ3) is 5.90. The van der Waals surface area contributed by atoms with Crippen LogP contribution in [0.15, 0.2) is 71.2 Å². The van der Waals surface area contributed by atoms with Gasteiger partial charge in [-0.2, -0.15) is 0 Å². The van der Waals surface area contributed by atoms with E-state index >= 15 is 0 Å². The molecule has 2 heterocycles. The SMILES string of the molecule is Cc1c(N2CCc3ccccc3C2)nc2ccc(Br)cc2c1[B]NCC(CCC(=O)O)c1ccccc1Cl. The van der Waals surface area contributed by atoms with Gasteiger partial charge in [-0.15, -0.1) is 0 Å². The van der Waals surface area contributed by atoms with E-state index in [4.69, 9.17) is 16.6 Å². The van der Waals surface area contributed by atoms with E-state index in [1.165, 1.54) is 11.1 Å². The third-order valence-corrected chi connectivity index (χ3v) is 8.14. The van der Waals surface area contributed by atoms with E-state index in [1.54, 1.807) is 0 Å². The average Bonchev–Trinajstić information content (AvgIpc) is 2.91. The van der Waals surface area contributed by atoms with E-state index in [-0.39, 0.29) is 12.3 Å². The summed E-state index contributed by atoms with van der Waals surface area (Å²) in [7, 11) is 2.05. The summed E-state index contributed by atoms with van der Waals surface area (Å²) in [4.78, 5) is 18.8. The first-order valence-electron chi connectivity index (χ1n) is 12.8. The number of hydrogen-bond acceptors (Lipinski definition) is 4. The Hall–Kier alpha value is -2.87. The van der Waals surface area contributed by atoms with Gasteiger partial charge in [0.1, 0.15) is 5.82 Å². The van der Waals surface area contributed by atoms with Crippen LogP contribution in [0.3, 0.4) is 0 Å².